The van der Waals surface area contributed by atoms with Gasteiger partial charge in [0.2, 0.25) is 0 Å². The van der Waals surface area contributed by atoms with Crippen LogP contribution in [-0.2, 0) is 5.72 Å². The van der Waals surface area contributed by atoms with Gasteiger partial charge >= 0.3 is 0 Å². The smallest absolute Gasteiger partial charge is 0.175 e. The van der Waals surface area contributed by atoms with Crippen LogP contribution in [0.25, 0.3) is 11.2 Å². The minimum atomic E-state index is -1.68. The molecule has 0 amide bonds. The summed E-state index contributed by atoms with van der Waals surface area (Å²) in [5.41, 5.74) is -0.785. The summed E-state index contributed by atoms with van der Waals surface area (Å²) in [5.74, 6) is -0.653. The third-order valence-corrected chi connectivity index (χ3v) is 3.67. The first-order valence-electron chi connectivity index (χ1n) is 5.78. The molecule has 18 heavy (non-hydrogen) atoms. The maximum Gasteiger partial charge on any atom is 0.175 e. The molecule has 0 saturated heterocycles. The molecule has 1 aliphatic carbocycles. The number of nitrogens with zero attached hydrogens (tertiary/aromatic N) is 4. The molecule has 0 aliphatic heterocycles. The number of imidazole rings is 1. The molecule has 1 saturated carbocycles. The molecule has 0 bridgehead atoms. The van der Waals surface area contributed by atoms with Gasteiger partial charge in [0.05, 0.1) is 19.2 Å². The van der Waals surface area contributed by atoms with Crippen molar-refractivity contribution >= 4 is 11.2 Å². The van der Waals surface area contributed by atoms with Crippen LogP contribution in [-0.4, -0.2) is 42.5 Å². The van der Waals surface area contributed by atoms with Gasteiger partial charge in [-0.05, 0) is 12.8 Å². The summed E-state index contributed by atoms with van der Waals surface area (Å²) < 4.78 is 14.4. The van der Waals surface area contributed by atoms with Crippen molar-refractivity contribution in [3.05, 3.63) is 18.9 Å². The third kappa shape index (κ3) is 1.37. The molecule has 6 nitrogen and oxygen atoms in total. The van der Waals surface area contributed by atoms with Gasteiger partial charge in [-0.1, -0.05) is 0 Å². The Hall–Kier alpha value is -1.60. The van der Waals surface area contributed by atoms with E-state index in [0.717, 1.165) is 0 Å². The molecule has 2 aromatic rings. The van der Waals surface area contributed by atoms with Crippen LogP contribution in [0.1, 0.15) is 12.8 Å². The van der Waals surface area contributed by atoms with Crippen LogP contribution in [0.2, 0.25) is 0 Å². The van der Waals surface area contributed by atoms with Gasteiger partial charge in [-0.3, -0.25) is 8.96 Å². The Morgan fingerprint density at radius 2 is 2.28 bits per heavy atom. The van der Waals surface area contributed by atoms with Crippen molar-refractivity contribution in [2.45, 2.75) is 24.7 Å². The molecule has 1 aliphatic rings. The zero-order valence-electron chi connectivity index (χ0n) is 9.57. The molecule has 2 aromatic heterocycles. The monoisotopic (exact) mass is 252 g/mol. The lowest BCUT2D eigenvalue weighted by molar-refractivity contribution is -0.145. The normalized spacial score (nSPS) is 32.2. The SMILES string of the molecule is OC1CCC(CF)C1(O)n1cnc2cncnc21. The van der Waals surface area contributed by atoms with E-state index in [0.29, 0.717) is 24.0 Å². The molecule has 2 heterocycles. The van der Waals surface area contributed by atoms with Crippen molar-refractivity contribution in [1.82, 2.24) is 19.5 Å². The summed E-state index contributed by atoms with van der Waals surface area (Å²) >= 11 is 0. The van der Waals surface area contributed by atoms with E-state index in [1.54, 1.807) is 0 Å². The second kappa shape index (κ2) is 3.96. The van der Waals surface area contributed by atoms with Crippen molar-refractivity contribution in [2.75, 3.05) is 6.67 Å². The van der Waals surface area contributed by atoms with Gasteiger partial charge in [-0.2, -0.15) is 0 Å². The second-order valence-electron chi connectivity index (χ2n) is 4.57. The van der Waals surface area contributed by atoms with E-state index in [2.05, 4.69) is 15.0 Å². The Morgan fingerprint density at radius 1 is 1.44 bits per heavy atom. The standard InChI is InChI=1S/C11H13FN4O2/c12-3-7-1-2-9(17)11(7,18)16-6-15-8-4-13-5-14-10(8)16/h4-7,9,17-18H,1-3H2. The van der Waals surface area contributed by atoms with Crippen molar-refractivity contribution in [3.8, 4) is 0 Å². The number of rotatable bonds is 2. The summed E-state index contributed by atoms with van der Waals surface area (Å²) in [4.78, 5) is 11.9. The lowest BCUT2D eigenvalue weighted by Crippen LogP contribution is -2.46. The Balaban J connectivity index is 2.18. The molecule has 1 fully saturated rings. The average molecular weight is 252 g/mol. The molecule has 0 radical (unpaired) electrons. The first-order chi connectivity index (χ1) is 8.67. The molecule has 3 unspecified atom stereocenters. The van der Waals surface area contributed by atoms with E-state index in [1.165, 1.54) is 23.4 Å². The van der Waals surface area contributed by atoms with Crippen LogP contribution in [0.4, 0.5) is 4.39 Å². The van der Waals surface area contributed by atoms with Gasteiger partial charge in [0, 0.05) is 5.92 Å². The number of alkyl halides is 1. The molecule has 0 spiro atoms. The Morgan fingerprint density at radius 3 is 3.06 bits per heavy atom. The Labute approximate surface area is 102 Å². The van der Waals surface area contributed by atoms with Crippen LogP contribution in [0.15, 0.2) is 18.9 Å². The van der Waals surface area contributed by atoms with E-state index >= 15 is 0 Å². The van der Waals surface area contributed by atoms with Crippen molar-refractivity contribution in [3.63, 3.8) is 0 Å². The van der Waals surface area contributed by atoms with E-state index in [1.807, 2.05) is 0 Å². The average Bonchev–Trinajstić information content (AvgIpc) is 2.93. The van der Waals surface area contributed by atoms with Crippen molar-refractivity contribution in [2.24, 2.45) is 5.92 Å². The summed E-state index contributed by atoms with van der Waals surface area (Å²) in [6.07, 6.45) is 3.97. The highest BCUT2D eigenvalue weighted by Gasteiger charge is 2.50. The maximum absolute atomic E-state index is 13.0. The lowest BCUT2D eigenvalue weighted by atomic mass is 9.99. The van der Waals surface area contributed by atoms with Crippen LogP contribution in [0.5, 0.6) is 0 Å². The van der Waals surface area contributed by atoms with Crippen LogP contribution in [0, 0.1) is 5.92 Å². The Kier molecular flexibility index (Phi) is 2.53. The van der Waals surface area contributed by atoms with Gasteiger partial charge in [-0.25, -0.2) is 15.0 Å². The molecular weight excluding hydrogens is 239 g/mol. The van der Waals surface area contributed by atoms with E-state index < -0.39 is 24.4 Å². The van der Waals surface area contributed by atoms with Gasteiger partial charge in [0.25, 0.3) is 0 Å². The predicted molar refractivity (Wildman–Crippen MR) is 60.2 cm³/mol. The quantitative estimate of drug-likeness (QED) is 0.798. The van der Waals surface area contributed by atoms with Gasteiger partial charge in [-0.15, -0.1) is 0 Å². The number of hydrogen-bond donors (Lipinski definition) is 2. The first-order valence-corrected chi connectivity index (χ1v) is 5.78. The van der Waals surface area contributed by atoms with Crippen LogP contribution < -0.4 is 0 Å². The fourth-order valence-electron chi connectivity index (χ4n) is 2.63. The number of halogens is 1. The van der Waals surface area contributed by atoms with Gasteiger partial charge < -0.3 is 10.2 Å². The topological polar surface area (TPSA) is 84.1 Å². The zero-order valence-corrected chi connectivity index (χ0v) is 9.57. The highest BCUT2D eigenvalue weighted by Crippen LogP contribution is 2.41. The number of aromatic nitrogens is 4. The van der Waals surface area contributed by atoms with Crippen molar-refractivity contribution in [1.29, 1.82) is 0 Å². The van der Waals surface area contributed by atoms with E-state index in [4.69, 9.17) is 0 Å². The Bertz CT molecular complexity index is 575. The van der Waals surface area contributed by atoms with Crippen LogP contribution in [0.3, 0.4) is 0 Å². The number of aliphatic hydroxyl groups is 2. The molecule has 3 atom stereocenters. The molecular formula is C11H13FN4O2. The van der Waals surface area contributed by atoms with Gasteiger partial charge in [0.1, 0.15) is 17.9 Å². The maximum atomic E-state index is 13.0. The molecule has 2 N–H and O–H groups in total. The molecule has 96 valence electrons. The van der Waals surface area contributed by atoms with Gasteiger partial charge in [0.15, 0.2) is 11.4 Å². The summed E-state index contributed by atoms with van der Waals surface area (Å²) in [5, 5.41) is 20.6. The van der Waals surface area contributed by atoms with E-state index in [9.17, 15) is 14.6 Å². The summed E-state index contributed by atoms with van der Waals surface area (Å²) in [7, 11) is 0. The lowest BCUT2D eigenvalue weighted by Gasteiger charge is -2.32. The third-order valence-electron chi connectivity index (χ3n) is 3.67. The number of hydrogen-bond acceptors (Lipinski definition) is 5. The first kappa shape index (κ1) is 11.5. The second-order valence-corrected chi connectivity index (χ2v) is 4.57. The summed E-state index contributed by atoms with van der Waals surface area (Å²) in [6, 6.07) is 0. The minimum absolute atomic E-state index is 0.357. The zero-order chi connectivity index (χ0) is 12.8. The number of aliphatic hydroxyl groups excluding tert-OH is 1. The fourth-order valence-corrected chi connectivity index (χ4v) is 2.63. The molecule has 0 aromatic carbocycles. The highest BCUT2D eigenvalue weighted by molar-refractivity contribution is 5.69. The molecule has 7 heteroatoms. The van der Waals surface area contributed by atoms with E-state index in [-0.39, 0.29) is 0 Å². The molecule has 3 rings (SSSR count). The highest BCUT2D eigenvalue weighted by atomic mass is 19.1. The van der Waals surface area contributed by atoms with Crippen molar-refractivity contribution < 1.29 is 14.6 Å². The fraction of sp³-hybridized carbons (Fsp3) is 0.545. The number of fused-ring (bicyclic) bond motifs is 1. The summed E-state index contributed by atoms with van der Waals surface area (Å²) in [6.45, 7) is -0.696. The van der Waals surface area contributed by atoms with Crippen LogP contribution >= 0.6 is 0 Å². The predicted octanol–water partition coefficient (Wildman–Crippen LogP) is 0.212. The minimum Gasteiger partial charge on any atom is -0.388 e. The largest absolute Gasteiger partial charge is 0.388 e.